The van der Waals surface area contributed by atoms with E-state index in [0.717, 1.165) is 23.7 Å². The van der Waals surface area contributed by atoms with Gasteiger partial charge in [-0.25, -0.2) is 0 Å². The molecule has 0 nitrogen and oxygen atoms in total. The number of hydrogen-bond acceptors (Lipinski definition) is 0. The van der Waals surface area contributed by atoms with Gasteiger partial charge in [0.25, 0.3) is 0 Å². The molecule has 5 aromatic carbocycles. The van der Waals surface area contributed by atoms with Crippen LogP contribution < -0.4 is 0 Å². The summed E-state index contributed by atoms with van der Waals surface area (Å²) in [7, 11) is 0. The first-order chi connectivity index (χ1) is 21.8. The van der Waals surface area contributed by atoms with Crippen molar-refractivity contribution in [3.63, 3.8) is 0 Å². The van der Waals surface area contributed by atoms with E-state index in [1.807, 2.05) is 0 Å². The third kappa shape index (κ3) is 3.20. The van der Waals surface area contributed by atoms with E-state index >= 15 is 0 Å². The topological polar surface area (TPSA) is 0 Å². The number of aryl methyl sites for hydroxylation is 2. The van der Waals surface area contributed by atoms with Gasteiger partial charge in [0.1, 0.15) is 0 Å². The van der Waals surface area contributed by atoms with Crippen molar-refractivity contribution in [2.24, 2.45) is 0 Å². The van der Waals surface area contributed by atoms with E-state index in [1.54, 1.807) is 66.8 Å². The highest BCUT2D eigenvalue weighted by atomic mass is 14.5. The van der Waals surface area contributed by atoms with Crippen LogP contribution in [-0.4, -0.2) is 0 Å². The monoisotopic (exact) mass is 570 g/mol. The predicted molar refractivity (Wildman–Crippen MR) is 184 cm³/mol. The summed E-state index contributed by atoms with van der Waals surface area (Å²) in [5.74, 6) is 3.11. The van der Waals surface area contributed by atoms with Gasteiger partial charge in [-0.3, -0.25) is 0 Å². The molecule has 0 aliphatic heterocycles. The van der Waals surface area contributed by atoms with Crippen LogP contribution in [0.15, 0.2) is 60.7 Å². The summed E-state index contributed by atoms with van der Waals surface area (Å²) in [6.07, 6.45) is 18.8. The molecular formula is C44H42. The lowest BCUT2D eigenvalue weighted by atomic mass is 9.73. The quantitative estimate of drug-likeness (QED) is 0.185. The van der Waals surface area contributed by atoms with E-state index in [9.17, 15) is 0 Å². The fourth-order valence-electron chi connectivity index (χ4n) is 11.7. The van der Waals surface area contributed by atoms with Crippen LogP contribution in [-0.2, 0) is 25.7 Å². The third-order valence-corrected chi connectivity index (χ3v) is 13.4. The largest absolute Gasteiger partial charge is 0.0616 e. The number of rotatable bonds is 2. The van der Waals surface area contributed by atoms with Crippen molar-refractivity contribution in [1.29, 1.82) is 0 Å². The lowest BCUT2D eigenvalue weighted by Gasteiger charge is -2.31. The van der Waals surface area contributed by atoms with Crippen LogP contribution in [0.5, 0.6) is 0 Å². The van der Waals surface area contributed by atoms with Gasteiger partial charge in [-0.15, -0.1) is 0 Å². The van der Waals surface area contributed by atoms with Crippen molar-refractivity contribution in [3.8, 4) is 22.3 Å². The minimum atomic E-state index is 0.759. The molecule has 44 heavy (non-hydrogen) atoms. The summed E-state index contributed by atoms with van der Waals surface area (Å²) in [5, 5.41) is 6.04. The van der Waals surface area contributed by atoms with Gasteiger partial charge in [0.2, 0.25) is 0 Å². The summed E-state index contributed by atoms with van der Waals surface area (Å²) in [5.41, 5.74) is 20.3. The summed E-state index contributed by atoms with van der Waals surface area (Å²) >= 11 is 0. The maximum atomic E-state index is 2.70. The van der Waals surface area contributed by atoms with Crippen LogP contribution in [0.2, 0.25) is 0 Å². The zero-order valence-corrected chi connectivity index (χ0v) is 26.0. The summed E-state index contributed by atoms with van der Waals surface area (Å²) in [6, 6.07) is 24.7. The first kappa shape index (κ1) is 24.9. The lowest BCUT2D eigenvalue weighted by molar-refractivity contribution is 0.672. The van der Waals surface area contributed by atoms with Crippen LogP contribution >= 0.6 is 0 Å². The van der Waals surface area contributed by atoms with Gasteiger partial charge in [0.15, 0.2) is 0 Å². The summed E-state index contributed by atoms with van der Waals surface area (Å²) in [4.78, 5) is 0. The van der Waals surface area contributed by atoms with E-state index in [4.69, 9.17) is 0 Å². The molecule has 0 heterocycles. The molecule has 0 N–H and O–H groups in total. The highest BCUT2D eigenvalue weighted by Crippen LogP contribution is 2.61. The van der Waals surface area contributed by atoms with E-state index in [0.29, 0.717) is 0 Å². The van der Waals surface area contributed by atoms with Crippen molar-refractivity contribution in [3.05, 3.63) is 105 Å². The fourth-order valence-corrected chi connectivity index (χ4v) is 11.7. The Balaban J connectivity index is 1.30. The molecule has 11 rings (SSSR count). The van der Waals surface area contributed by atoms with Crippen LogP contribution in [0.4, 0.5) is 0 Å². The van der Waals surface area contributed by atoms with Crippen molar-refractivity contribution < 1.29 is 0 Å². The van der Waals surface area contributed by atoms with E-state index in [2.05, 4.69) is 60.7 Å². The second-order valence-electron chi connectivity index (χ2n) is 15.5. The van der Waals surface area contributed by atoms with Crippen molar-refractivity contribution in [2.75, 3.05) is 0 Å². The molecule has 6 aliphatic rings. The SMILES string of the molecule is c1ccc2c(-c3c4c(cc5c3C3CCC5C3)CCCC4)c3ccccc3c(-c3c4c(cc5c3C3CCC5C3)CCCC4)c2c1. The Labute approximate surface area is 261 Å². The molecule has 6 aliphatic carbocycles. The average Bonchev–Trinajstić information content (AvgIpc) is 3.89. The smallest absolute Gasteiger partial charge is 0.00205 e. The van der Waals surface area contributed by atoms with Crippen molar-refractivity contribution in [2.45, 2.75) is 114 Å². The zero-order chi connectivity index (χ0) is 28.5. The predicted octanol–water partition coefficient (Wildman–Crippen LogP) is 11.8. The zero-order valence-electron chi connectivity index (χ0n) is 26.0. The molecular weight excluding hydrogens is 528 g/mol. The average molecular weight is 571 g/mol. The molecule has 5 aromatic rings. The molecule has 2 fully saturated rings. The Bertz CT molecular complexity index is 1850. The molecule has 218 valence electrons. The van der Waals surface area contributed by atoms with E-state index < -0.39 is 0 Å². The van der Waals surface area contributed by atoms with Gasteiger partial charge in [-0.1, -0.05) is 60.7 Å². The van der Waals surface area contributed by atoms with Crippen molar-refractivity contribution >= 4 is 21.5 Å². The molecule has 0 spiro atoms. The van der Waals surface area contributed by atoms with E-state index in [1.165, 1.54) is 111 Å². The molecule has 4 atom stereocenters. The normalized spacial score (nSPS) is 25.8. The fraction of sp³-hybridized carbons (Fsp3) is 0.409. The molecule has 0 aromatic heterocycles. The molecule has 2 saturated carbocycles. The van der Waals surface area contributed by atoms with Gasteiger partial charge in [-0.05, 0) is 202 Å². The van der Waals surface area contributed by atoms with Gasteiger partial charge in [0, 0.05) is 0 Å². The molecule has 0 radical (unpaired) electrons. The van der Waals surface area contributed by atoms with Gasteiger partial charge in [-0.2, -0.15) is 0 Å². The highest BCUT2D eigenvalue weighted by molar-refractivity contribution is 6.22. The third-order valence-electron chi connectivity index (χ3n) is 13.4. The number of fused-ring (bicyclic) bond motifs is 14. The maximum absolute atomic E-state index is 2.70. The van der Waals surface area contributed by atoms with Crippen LogP contribution in [0, 0.1) is 0 Å². The summed E-state index contributed by atoms with van der Waals surface area (Å²) in [6.45, 7) is 0. The van der Waals surface area contributed by atoms with Crippen LogP contribution in [0.3, 0.4) is 0 Å². The first-order valence-corrected chi connectivity index (χ1v) is 18.1. The maximum Gasteiger partial charge on any atom is -0.00205 e. The summed E-state index contributed by atoms with van der Waals surface area (Å²) < 4.78 is 0. The Morgan fingerprint density at radius 2 is 0.795 bits per heavy atom. The van der Waals surface area contributed by atoms with E-state index in [-0.39, 0.29) is 0 Å². The van der Waals surface area contributed by atoms with Crippen molar-refractivity contribution in [1.82, 2.24) is 0 Å². The van der Waals surface area contributed by atoms with Gasteiger partial charge >= 0.3 is 0 Å². The van der Waals surface area contributed by atoms with Crippen LogP contribution in [0.1, 0.15) is 132 Å². The molecule has 0 saturated heterocycles. The molecule has 4 unspecified atom stereocenters. The minimum absolute atomic E-state index is 0.759. The number of hydrogen-bond donors (Lipinski definition) is 0. The molecule has 0 amide bonds. The van der Waals surface area contributed by atoms with Gasteiger partial charge < -0.3 is 0 Å². The Morgan fingerprint density at radius 1 is 0.409 bits per heavy atom. The Hall–Kier alpha value is -3.38. The number of benzene rings is 5. The Kier molecular flexibility index (Phi) is 5.14. The Morgan fingerprint density at radius 3 is 1.23 bits per heavy atom. The second kappa shape index (κ2) is 9.09. The molecule has 0 heteroatoms. The lowest BCUT2D eigenvalue weighted by Crippen LogP contribution is -2.12. The standard InChI is InChI=1S/C44H42/c1-3-11-31-25(9-1)23-37-27-17-19-29(21-27)39(37)43(31)41-33-13-5-7-15-35(33)42(36-16-8-6-14-34(36)41)44-32-12-4-2-10-26(32)24-38-28-18-20-30(22-28)40(38)44/h5-8,13-16,23-24,27-30H,1-4,9-12,17-22H2. The first-order valence-electron chi connectivity index (χ1n) is 18.1. The highest BCUT2D eigenvalue weighted by Gasteiger charge is 2.43. The second-order valence-corrected chi connectivity index (χ2v) is 15.5. The van der Waals surface area contributed by atoms with Crippen LogP contribution in [0.25, 0.3) is 43.8 Å². The van der Waals surface area contributed by atoms with Gasteiger partial charge in [0.05, 0.1) is 0 Å². The minimum Gasteiger partial charge on any atom is -0.0616 e. The molecule has 4 bridgehead atoms.